The minimum absolute atomic E-state index is 0.157. The number of nitrogens with zero attached hydrogens (tertiary/aromatic N) is 5. The van der Waals surface area contributed by atoms with Gasteiger partial charge in [0.15, 0.2) is 0 Å². The van der Waals surface area contributed by atoms with E-state index in [4.69, 9.17) is 0 Å². The van der Waals surface area contributed by atoms with Crippen molar-refractivity contribution in [2.75, 3.05) is 5.32 Å². The standard InChI is InChI=1S/C19H18N6O3S/c1-24-19(21-22-23-24)29-17-10-9-15(25(27)28)11-16(17)18(26)20-14-7-5-13(6-8-14)12-3-2-4-12/h5-12H,2-4H2,1H3,(H,20,26). The smallest absolute Gasteiger partial charge is 0.270 e. The number of tetrazole rings is 1. The largest absolute Gasteiger partial charge is 0.322 e. The van der Waals surface area contributed by atoms with Gasteiger partial charge in [-0.25, -0.2) is 4.68 Å². The van der Waals surface area contributed by atoms with Gasteiger partial charge in [0.1, 0.15) is 0 Å². The minimum atomic E-state index is -0.525. The number of carbonyl (C=O) groups is 1. The van der Waals surface area contributed by atoms with Crippen LogP contribution in [0.15, 0.2) is 52.5 Å². The summed E-state index contributed by atoms with van der Waals surface area (Å²) < 4.78 is 1.47. The summed E-state index contributed by atoms with van der Waals surface area (Å²) in [5, 5.41) is 25.7. The van der Waals surface area contributed by atoms with E-state index >= 15 is 0 Å². The predicted molar refractivity (Wildman–Crippen MR) is 107 cm³/mol. The third-order valence-electron chi connectivity index (χ3n) is 4.95. The molecule has 9 nitrogen and oxygen atoms in total. The van der Waals surface area contributed by atoms with Crippen LogP contribution in [0.2, 0.25) is 0 Å². The molecule has 4 rings (SSSR count). The molecule has 29 heavy (non-hydrogen) atoms. The Balaban J connectivity index is 1.59. The van der Waals surface area contributed by atoms with Gasteiger partial charge in [-0.1, -0.05) is 18.6 Å². The molecule has 0 atom stereocenters. The highest BCUT2D eigenvalue weighted by Crippen LogP contribution is 2.36. The number of hydrogen-bond donors (Lipinski definition) is 1. The van der Waals surface area contributed by atoms with Crippen molar-refractivity contribution in [3.8, 4) is 0 Å². The van der Waals surface area contributed by atoms with Gasteiger partial charge in [0.25, 0.3) is 11.6 Å². The number of anilines is 1. The number of amides is 1. The van der Waals surface area contributed by atoms with Gasteiger partial charge in [-0.3, -0.25) is 14.9 Å². The minimum Gasteiger partial charge on any atom is -0.322 e. The van der Waals surface area contributed by atoms with E-state index in [9.17, 15) is 14.9 Å². The maximum absolute atomic E-state index is 12.9. The van der Waals surface area contributed by atoms with Gasteiger partial charge < -0.3 is 5.32 Å². The number of aromatic nitrogens is 4. The molecule has 0 spiro atoms. The van der Waals surface area contributed by atoms with Gasteiger partial charge in [-0.2, -0.15) is 0 Å². The summed E-state index contributed by atoms with van der Waals surface area (Å²) >= 11 is 1.17. The van der Waals surface area contributed by atoms with Crippen molar-refractivity contribution in [3.05, 3.63) is 63.7 Å². The van der Waals surface area contributed by atoms with Gasteiger partial charge in [0.05, 0.1) is 10.5 Å². The fourth-order valence-corrected chi connectivity index (χ4v) is 3.92. The second kappa shape index (κ2) is 8.00. The molecule has 1 aliphatic carbocycles. The van der Waals surface area contributed by atoms with Crippen molar-refractivity contribution in [1.82, 2.24) is 20.2 Å². The summed E-state index contributed by atoms with van der Waals surface area (Å²) in [6.45, 7) is 0. The van der Waals surface area contributed by atoms with Crippen LogP contribution in [0.1, 0.15) is 41.1 Å². The lowest BCUT2D eigenvalue weighted by Gasteiger charge is -2.25. The lowest BCUT2D eigenvalue weighted by molar-refractivity contribution is -0.384. The van der Waals surface area contributed by atoms with Crippen LogP contribution in [0.5, 0.6) is 0 Å². The molecule has 1 heterocycles. The number of non-ortho nitro benzene ring substituents is 1. The van der Waals surface area contributed by atoms with Gasteiger partial charge >= 0.3 is 0 Å². The number of nitrogens with one attached hydrogen (secondary N) is 1. The Morgan fingerprint density at radius 1 is 1.24 bits per heavy atom. The SMILES string of the molecule is Cn1nnnc1Sc1ccc([N+](=O)[O-])cc1C(=O)Nc1ccc(C2CCC2)cc1. The molecule has 0 aliphatic heterocycles. The molecule has 2 aromatic carbocycles. The molecule has 0 saturated heterocycles. The molecular weight excluding hydrogens is 392 g/mol. The monoisotopic (exact) mass is 410 g/mol. The van der Waals surface area contributed by atoms with E-state index in [-0.39, 0.29) is 11.3 Å². The van der Waals surface area contributed by atoms with Crippen LogP contribution >= 0.6 is 11.8 Å². The van der Waals surface area contributed by atoms with Crippen LogP contribution in [0.25, 0.3) is 0 Å². The van der Waals surface area contributed by atoms with Crippen LogP contribution < -0.4 is 5.32 Å². The molecule has 3 aromatic rings. The highest BCUT2D eigenvalue weighted by Gasteiger charge is 2.21. The quantitative estimate of drug-likeness (QED) is 0.485. The number of nitro benzene ring substituents is 1. The average Bonchev–Trinajstić information content (AvgIpc) is 3.06. The number of aryl methyl sites for hydroxylation is 1. The Bertz CT molecular complexity index is 1060. The van der Waals surface area contributed by atoms with Crippen molar-refractivity contribution in [2.24, 2.45) is 7.05 Å². The number of carbonyl (C=O) groups excluding carboxylic acids is 1. The van der Waals surface area contributed by atoms with Gasteiger partial charge in [0.2, 0.25) is 5.16 Å². The molecule has 0 radical (unpaired) electrons. The van der Waals surface area contributed by atoms with Crippen LogP contribution in [0.3, 0.4) is 0 Å². The number of rotatable bonds is 6. The summed E-state index contributed by atoms with van der Waals surface area (Å²) in [5.74, 6) is 0.183. The highest BCUT2D eigenvalue weighted by atomic mass is 32.2. The van der Waals surface area contributed by atoms with Crippen LogP contribution in [0, 0.1) is 10.1 Å². The van der Waals surface area contributed by atoms with Gasteiger partial charge in [0, 0.05) is 29.8 Å². The van der Waals surface area contributed by atoms with E-state index in [2.05, 4.69) is 20.8 Å². The summed E-state index contributed by atoms with van der Waals surface area (Å²) in [4.78, 5) is 24.1. The maximum atomic E-state index is 12.9. The third kappa shape index (κ3) is 4.11. The Morgan fingerprint density at radius 3 is 2.59 bits per heavy atom. The predicted octanol–water partition coefficient (Wildman–Crippen LogP) is 3.79. The first-order valence-electron chi connectivity index (χ1n) is 9.11. The summed E-state index contributed by atoms with van der Waals surface area (Å²) in [6, 6.07) is 11.9. The molecule has 1 amide bonds. The van der Waals surface area contributed by atoms with Crippen molar-refractivity contribution in [3.63, 3.8) is 0 Å². The molecule has 1 fully saturated rings. The topological polar surface area (TPSA) is 116 Å². The number of hydrogen-bond acceptors (Lipinski definition) is 7. The first-order valence-corrected chi connectivity index (χ1v) is 9.93. The van der Waals surface area contributed by atoms with Crippen LogP contribution in [-0.2, 0) is 7.05 Å². The van der Waals surface area contributed by atoms with Crippen LogP contribution in [0.4, 0.5) is 11.4 Å². The summed E-state index contributed by atoms with van der Waals surface area (Å²) in [6.07, 6.45) is 3.67. The Hall–Kier alpha value is -3.27. The molecule has 10 heteroatoms. The third-order valence-corrected chi connectivity index (χ3v) is 6.05. The Morgan fingerprint density at radius 2 is 2.00 bits per heavy atom. The molecule has 1 saturated carbocycles. The fraction of sp³-hybridized carbons (Fsp3) is 0.263. The second-order valence-corrected chi connectivity index (χ2v) is 7.84. The molecule has 1 aliphatic rings. The van der Waals surface area contributed by atoms with E-state index in [1.807, 2.05) is 24.3 Å². The van der Waals surface area contributed by atoms with Gasteiger partial charge in [-0.05, 0) is 64.7 Å². The summed E-state index contributed by atoms with van der Waals surface area (Å²) in [7, 11) is 1.68. The number of nitro groups is 1. The van der Waals surface area contributed by atoms with E-state index in [1.54, 1.807) is 7.05 Å². The van der Waals surface area contributed by atoms with Crippen molar-refractivity contribution in [2.45, 2.75) is 35.2 Å². The number of benzene rings is 2. The zero-order valence-electron chi connectivity index (χ0n) is 15.6. The van der Waals surface area contributed by atoms with Crippen molar-refractivity contribution < 1.29 is 9.72 Å². The van der Waals surface area contributed by atoms with Crippen LogP contribution in [-0.4, -0.2) is 31.0 Å². The van der Waals surface area contributed by atoms with E-state index < -0.39 is 10.8 Å². The molecule has 0 unspecified atom stereocenters. The Kier molecular flexibility index (Phi) is 5.26. The Labute approximate surface area is 170 Å². The van der Waals surface area contributed by atoms with E-state index in [0.717, 1.165) is 0 Å². The van der Waals surface area contributed by atoms with E-state index in [1.165, 1.54) is 59.5 Å². The second-order valence-electron chi connectivity index (χ2n) is 6.83. The highest BCUT2D eigenvalue weighted by molar-refractivity contribution is 7.99. The van der Waals surface area contributed by atoms with Crippen molar-refractivity contribution in [1.29, 1.82) is 0 Å². The van der Waals surface area contributed by atoms with Crippen molar-refractivity contribution >= 4 is 29.0 Å². The molecule has 1 aromatic heterocycles. The molecule has 148 valence electrons. The lowest BCUT2D eigenvalue weighted by Crippen LogP contribution is -2.14. The normalized spacial score (nSPS) is 13.7. The summed E-state index contributed by atoms with van der Waals surface area (Å²) in [5.41, 5.74) is 1.95. The molecule has 1 N–H and O–H groups in total. The zero-order valence-corrected chi connectivity index (χ0v) is 16.4. The van der Waals surface area contributed by atoms with Gasteiger partial charge in [-0.15, -0.1) is 5.10 Å². The first-order chi connectivity index (χ1) is 14.0. The zero-order chi connectivity index (χ0) is 20.4. The maximum Gasteiger partial charge on any atom is 0.270 e. The average molecular weight is 410 g/mol. The van der Waals surface area contributed by atoms with E-state index in [0.29, 0.717) is 21.7 Å². The lowest BCUT2D eigenvalue weighted by atomic mass is 9.80. The molecule has 0 bridgehead atoms. The fourth-order valence-electron chi connectivity index (χ4n) is 3.08. The first kappa shape index (κ1) is 19.1. The molecular formula is C19H18N6O3S.